The third kappa shape index (κ3) is 4.62. The Kier molecular flexibility index (Phi) is 6.64. The van der Waals surface area contributed by atoms with E-state index in [1.807, 2.05) is 11.9 Å². The molecule has 3 rings (SSSR count). The van der Waals surface area contributed by atoms with Crippen LogP contribution in [-0.2, 0) is 18.4 Å². The summed E-state index contributed by atoms with van der Waals surface area (Å²) in [6.07, 6.45) is 6.05. The smallest absolute Gasteiger partial charge is 0.236 e. The molecule has 1 amide bonds. The van der Waals surface area contributed by atoms with Gasteiger partial charge in [-0.15, -0.1) is 10.2 Å². The number of nitrogens with zero attached hydrogens (tertiary/aromatic N) is 6. The van der Waals surface area contributed by atoms with Gasteiger partial charge in [0.25, 0.3) is 0 Å². The third-order valence-electron chi connectivity index (χ3n) is 5.90. The van der Waals surface area contributed by atoms with Gasteiger partial charge in [0, 0.05) is 26.1 Å². The molecule has 3 heterocycles. The normalized spacial score (nSPS) is 22.2. The van der Waals surface area contributed by atoms with Crippen LogP contribution >= 0.6 is 0 Å². The molecule has 2 aliphatic rings. The monoisotopic (exact) mass is 362 g/mol. The molecule has 1 unspecified atom stereocenters. The lowest BCUT2D eigenvalue weighted by Gasteiger charge is -2.33. The summed E-state index contributed by atoms with van der Waals surface area (Å²) in [5.41, 5.74) is 0. The molecule has 2 fully saturated rings. The van der Waals surface area contributed by atoms with Gasteiger partial charge in [-0.1, -0.05) is 13.3 Å². The Morgan fingerprint density at radius 2 is 1.92 bits per heavy atom. The summed E-state index contributed by atoms with van der Waals surface area (Å²) in [5, 5.41) is 8.99. The summed E-state index contributed by atoms with van der Waals surface area (Å²) in [6, 6.07) is 0. The molecule has 1 aromatic heterocycles. The van der Waals surface area contributed by atoms with Crippen molar-refractivity contribution in [2.75, 3.05) is 46.3 Å². The van der Waals surface area contributed by atoms with Crippen LogP contribution in [0.25, 0.3) is 0 Å². The fourth-order valence-electron chi connectivity index (χ4n) is 4.04. The van der Waals surface area contributed by atoms with E-state index in [1.54, 1.807) is 0 Å². The van der Waals surface area contributed by atoms with Crippen LogP contribution in [0, 0.1) is 0 Å². The minimum atomic E-state index is 0.231. The van der Waals surface area contributed by atoms with Crippen LogP contribution in [-0.4, -0.2) is 81.7 Å². The second-order valence-electron chi connectivity index (χ2n) is 7.88. The molecule has 2 aliphatic heterocycles. The summed E-state index contributed by atoms with van der Waals surface area (Å²) < 4.78 is 2.17. The number of piperidine rings is 2. The van der Waals surface area contributed by atoms with Gasteiger partial charge >= 0.3 is 0 Å². The topological polar surface area (TPSA) is 57.5 Å². The summed E-state index contributed by atoms with van der Waals surface area (Å²) >= 11 is 0. The van der Waals surface area contributed by atoms with Crippen molar-refractivity contribution in [3.63, 3.8) is 0 Å². The molecule has 146 valence electrons. The lowest BCUT2D eigenvalue weighted by molar-refractivity contribution is -0.133. The predicted molar refractivity (Wildman–Crippen MR) is 102 cm³/mol. The second kappa shape index (κ2) is 8.95. The van der Waals surface area contributed by atoms with E-state index in [-0.39, 0.29) is 5.91 Å². The highest BCUT2D eigenvalue weighted by atomic mass is 16.2. The molecule has 7 heteroatoms. The number of rotatable bonds is 6. The predicted octanol–water partition coefficient (Wildman–Crippen LogP) is 1.46. The van der Waals surface area contributed by atoms with Crippen LogP contribution in [0.2, 0.25) is 0 Å². The lowest BCUT2D eigenvalue weighted by Crippen LogP contribution is -2.44. The van der Waals surface area contributed by atoms with E-state index in [0.717, 1.165) is 50.7 Å². The quantitative estimate of drug-likeness (QED) is 0.767. The van der Waals surface area contributed by atoms with Crippen LogP contribution in [0.5, 0.6) is 0 Å². The highest BCUT2D eigenvalue weighted by Crippen LogP contribution is 2.26. The molecule has 0 N–H and O–H groups in total. The van der Waals surface area contributed by atoms with Gasteiger partial charge in [-0.3, -0.25) is 14.6 Å². The molecule has 7 nitrogen and oxygen atoms in total. The highest BCUT2D eigenvalue weighted by Gasteiger charge is 2.29. The maximum atomic E-state index is 12.5. The number of amides is 1. The zero-order valence-corrected chi connectivity index (χ0v) is 16.7. The number of likely N-dealkylation sites (tertiary alicyclic amines) is 2. The first-order valence-corrected chi connectivity index (χ1v) is 10.1. The van der Waals surface area contributed by atoms with Crippen molar-refractivity contribution in [3.8, 4) is 0 Å². The van der Waals surface area contributed by atoms with Crippen LogP contribution in [0.4, 0.5) is 0 Å². The summed E-state index contributed by atoms with van der Waals surface area (Å²) in [6.45, 7) is 8.33. The molecular formula is C19H34N6O. The first-order valence-electron chi connectivity index (χ1n) is 10.1. The van der Waals surface area contributed by atoms with Crippen LogP contribution in [0.1, 0.15) is 56.6 Å². The zero-order valence-electron chi connectivity index (χ0n) is 16.7. The molecule has 0 bridgehead atoms. The first kappa shape index (κ1) is 19.3. The molecule has 1 aromatic rings. The van der Waals surface area contributed by atoms with Gasteiger partial charge in [-0.25, -0.2) is 0 Å². The number of likely N-dealkylation sites (N-methyl/N-ethyl adjacent to an activating group) is 1. The maximum Gasteiger partial charge on any atom is 0.236 e. The van der Waals surface area contributed by atoms with E-state index in [0.29, 0.717) is 12.5 Å². The van der Waals surface area contributed by atoms with Gasteiger partial charge in [-0.05, 0) is 52.4 Å². The fraction of sp³-hybridized carbons (Fsp3) is 0.842. The lowest BCUT2D eigenvalue weighted by atomic mass is 9.97. The summed E-state index contributed by atoms with van der Waals surface area (Å²) in [7, 11) is 4.08. The molecule has 0 saturated carbocycles. The van der Waals surface area contributed by atoms with Crippen molar-refractivity contribution in [3.05, 3.63) is 11.6 Å². The van der Waals surface area contributed by atoms with Gasteiger partial charge in [0.1, 0.15) is 11.6 Å². The van der Waals surface area contributed by atoms with Crippen molar-refractivity contribution in [2.45, 2.75) is 51.5 Å². The van der Waals surface area contributed by atoms with Gasteiger partial charge in [0.15, 0.2) is 0 Å². The Morgan fingerprint density at radius 1 is 1.15 bits per heavy atom. The first-order chi connectivity index (χ1) is 12.6. The number of aromatic nitrogens is 3. The fourth-order valence-corrected chi connectivity index (χ4v) is 4.04. The van der Waals surface area contributed by atoms with E-state index in [4.69, 9.17) is 0 Å². The molecular weight excluding hydrogens is 328 g/mol. The van der Waals surface area contributed by atoms with Gasteiger partial charge < -0.3 is 9.47 Å². The molecule has 0 aliphatic carbocycles. The van der Waals surface area contributed by atoms with E-state index in [9.17, 15) is 4.79 Å². The van der Waals surface area contributed by atoms with Gasteiger partial charge in [-0.2, -0.15) is 0 Å². The highest BCUT2D eigenvalue weighted by molar-refractivity contribution is 5.78. The Hall–Kier alpha value is -1.47. The van der Waals surface area contributed by atoms with Crippen molar-refractivity contribution >= 4 is 5.91 Å². The van der Waals surface area contributed by atoms with Crippen molar-refractivity contribution in [1.29, 1.82) is 0 Å². The largest absolute Gasteiger partial charge is 0.341 e. The Bertz CT molecular complexity index is 595. The summed E-state index contributed by atoms with van der Waals surface area (Å²) in [5.74, 6) is 2.62. The number of carbonyl (C=O) groups is 1. The third-order valence-corrected chi connectivity index (χ3v) is 5.90. The van der Waals surface area contributed by atoms with E-state index < -0.39 is 0 Å². The minimum absolute atomic E-state index is 0.231. The van der Waals surface area contributed by atoms with Crippen molar-refractivity contribution in [1.82, 2.24) is 29.5 Å². The van der Waals surface area contributed by atoms with E-state index in [2.05, 4.69) is 38.5 Å². The molecule has 26 heavy (non-hydrogen) atoms. The number of hydrogen-bond acceptors (Lipinski definition) is 5. The molecule has 1 atom stereocenters. The van der Waals surface area contributed by atoms with Crippen LogP contribution < -0.4 is 0 Å². The van der Waals surface area contributed by atoms with Crippen LogP contribution in [0.3, 0.4) is 0 Å². The average molecular weight is 363 g/mol. The van der Waals surface area contributed by atoms with Gasteiger partial charge in [0.2, 0.25) is 5.91 Å². The van der Waals surface area contributed by atoms with Crippen LogP contribution in [0.15, 0.2) is 0 Å². The zero-order chi connectivity index (χ0) is 18.5. The number of hydrogen-bond donors (Lipinski definition) is 0. The maximum absolute atomic E-state index is 12.5. The number of carbonyl (C=O) groups excluding carboxylic acids is 1. The standard InChI is InChI=1S/C19H34N6O/c1-4-22(2)15-18(26)25-12-8-9-16(13-25)19-21-20-17(23(19)3)14-24-10-6-5-7-11-24/h16H,4-15H2,1-3H3. The molecule has 0 aromatic carbocycles. The molecule has 0 spiro atoms. The van der Waals surface area contributed by atoms with E-state index >= 15 is 0 Å². The Labute approximate surface area is 157 Å². The Morgan fingerprint density at radius 3 is 2.65 bits per heavy atom. The Balaban J connectivity index is 1.62. The SMILES string of the molecule is CCN(C)CC(=O)N1CCCC(c2nnc(CN3CCCCC3)n2C)C1. The summed E-state index contributed by atoms with van der Waals surface area (Å²) in [4.78, 5) is 19.1. The van der Waals surface area contributed by atoms with Gasteiger partial charge in [0.05, 0.1) is 13.1 Å². The molecule has 0 radical (unpaired) electrons. The second-order valence-corrected chi connectivity index (χ2v) is 7.88. The molecule has 2 saturated heterocycles. The van der Waals surface area contributed by atoms with Crippen molar-refractivity contribution < 1.29 is 4.79 Å². The average Bonchev–Trinajstić information content (AvgIpc) is 3.03. The van der Waals surface area contributed by atoms with E-state index in [1.165, 1.54) is 32.4 Å². The minimum Gasteiger partial charge on any atom is -0.341 e. The van der Waals surface area contributed by atoms with Crippen molar-refractivity contribution in [2.24, 2.45) is 7.05 Å².